The Morgan fingerprint density at radius 3 is 2.38 bits per heavy atom. The van der Waals surface area contributed by atoms with Crippen molar-refractivity contribution in [1.82, 2.24) is 0 Å². The molecule has 0 spiro atoms. The Morgan fingerprint density at radius 2 is 2.00 bits per heavy atom. The number of aldehydes is 1. The number of sulfonamides is 1. The van der Waals surface area contributed by atoms with Crippen LogP contribution < -0.4 is 5.14 Å². The molecule has 0 amide bonds. The molecule has 8 heteroatoms. The number of nitrogens with zero attached hydrogens (tertiary/aromatic N) is 1. The number of nitrogens with two attached hydrogens (primary N) is 1. The van der Waals surface area contributed by atoms with Crippen molar-refractivity contribution in [3.05, 3.63) is 33.4 Å². The Bertz CT molecular complexity index is 564. The zero-order valence-electron chi connectivity index (χ0n) is 8.21. The molecule has 0 aliphatic rings. The van der Waals surface area contributed by atoms with Gasteiger partial charge in [0.15, 0.2) is 0 Å². The van der Waals surface area contributed by atoms with E-state index in [0.717, 1.165) is 12.1 Å². The Morgan fingerprint density at radius 1 is 1.44 bits per heavy atom. The van der Waals surface area contributed by atoms with Crippen LogP contribution in [0.15, 0.2) is 17.0 Å². The third-order valence-electron chi connectivity index (χ3n) is 1.99. The molecule has 7 nitrogen and oxygen atoms in total. The van der Waals surface area contributed by atoms with E-state index in [1.54, 1.807) is 0 Å². The van der Waals surface area contributed by atoms with Gasteiger partial charge in [-0.2, -0.15) is 0 Å². The van der Waals surface area contributed by atoms with Gasteiger partial charge in [-0.3, -0.25) is 14.9 Å². The number of primary sulfonamides is 1. The van der Waals surface area contributed by atoms with E-state index in [1.807, 2.05) is 0 Å². The van der Waals surface area contributed by atoms with E-state index in [1.165, 1.54) is 6.92 Å². The first-order valence-electron chi connectivity index (χ1n) is 4.04. The normalized spacial score (nSPS) is 11.1. The Labute approximate surface area is 91.1 Å². The van der Waals surface area contributed by atoms with Crippen LogP contribution in [0.25, 0.3) is 0 Å². The van der Waals surface area contributed by atoms with Crippen LogP contribution >= 0.6 is 0 Å². The smallest absolute Gasteiger partial charge is 0.274 e. The summed E-state index contributed by atoms with van der Waals surface area (Å²) in [5.74, 6) is 0. The fourth-order valence-corrected chi connectivity index (χ4v) is 2.08. The summed E-state index contributed by atoms with van der Waals surface area (Å²) >= 11 is 0. The summed E-state index contributed by atoms with van der Waals surface area (Å²) in [6, 6.07) is 2.00. The topological polar surface area (TPSA) is 120 Å². The first kappa shape index (κ1) is 12.3. The summed E-state index contributed by atoms with van der Waals surface area (Å²) in [5.41, 5.74) is -0.645. The number of nitro groups is 1. The maximum absolute atomic E-state index is 11.1. The van der Waals surface area contributed by atoms with Crippen LogP contribution in [0, 0.1) is 17.0 Å². The molecule has 0 heterocycles. The lowest BCUT2D eigenvalue weighted by molar-refractivity contribution is -0.385. The van der Waals surface area contributed by atoms with Crippen LogP contribution in [0.3, 0.4) is 0 Å². The van der Waals surface area contributed by atoms with Gasteiger partial charge in [0.05, 0.1) is 9.82 Å². The summed E-state index contributed by atoms with van der Waals surface area (Å²) < 4.78 is 22.3. The van der Waals surface area contributed by atoms with Crippen LogP contribution in [0.4, 0.5) is 5.69 Å². The quantitative estimate of drug-likeness (QED) is 0.467. The summed E-state index contributed by atoms with van der Waals surface area (Å²) in [7, 11) is -4.09. The van der Waals surface area contributed by atoms with E-state index >= 15 is 0 Å². The molecule has 1 aromatic rings. The molecule has 0 aromatic heterocycles. The van der Waals surface area contributed by atoms with Gasteiger partial charge in [-0.25, -0.2) is 13.6 Å². The minimum atomic E-state index is -4.09. The van der Waals surface area contributed by atoms with Crippen molar-refractivity contribution in [2.24, 2.45) is 5.14 Å². The average molecular weight is 244 g/mol. The molecule has 0 atom stereocenters. The zero-order chi connectivity index (χ0) is 12.5. The summed E-state index contributed by atoms with van der Waals surface area (Å²) in [5, 5.41) is 15.5. The molecule has 0 saturated heterocycles. The van der Waals surface area contributed by atoms with Crippen LogP contribution in [0.2, 0.25) is 0 Å². The lowest BCUT2D eigenvalue weighted by Crippen LogP contribution is -2.15. The van der Waals surface area contributed by atoms with E-state index in [-0.39, 0.29) is 11.1 Å². The predicted molar refractivity (Wildman–Crippen MR) is 54.6 cm³/mol. The maximum Gasteiger partial charge on any atom is 0.274 e. The van der Waals surface area contributed by atoms with Gasteiger partial charge in [-0.1, -0.05) is 0 Å². The van der Waals surface area contributed by atoms with E-state index < -0.39 is 25.5 Å². The zero-order valence-corrected chi connectivity index (χ0v) is 9.02. The molecule has 86 valence electrons. The van der Waals surface area contributed by atoms with Gasteiger partial charge in [0.2, 0.25) is 10.0 Å². The van der Waals surface area contributed by atoms with Gasteiger partial charge in [0.25, 0.3) is 5.69 Å². The van der Waals surface area contributed by atoms with E-state index in [2.05, 4.69) is 0 Å². The highest BCUT2D eigenvalue weighted by atomic mass is 32.2. The fourth-order valence-electron chi connectivity index (χ4n) is 1.25. The molecule has 0 saturated carbocycles. The fraction of sp³-hybridized carbons (Fsp3) is 0.125. The van der Waals surface area contributed by atoms with Crippen LogP contribution in [-0.2, 0) is 10.0 Å². The number of carbonyl (C=O) groups excluding carboxylic acids is 1. The number of carbonyl (C=O) groups is 1. The van der Waals surface area contributed by atoms with Gasteiger partial charge < -0.3 is 0 Å². The lowest BCUT2D eigenvalue weighted by atomic mass is 10.1. The first-order valence-corrected chi connectivity index (χ1v) is 5.59. The largest absolute Gasteiger partial charge is 0.298 e. The standard InChI is InChI=1S/C8H8N2O5S/c1-5-7(10(12)13)2-6(4-11)3-8(5)16(9,14)15/h2-4H,1H3,(H2,9,14,15). The number of hydrogen-bond donors (Lipinski definition) is 1. The third kappa shape index (κ3) is 2.23. The molecule has 1 aromatic carbocycles. The molecule has 2 N–H and O–H groups in total. The van der Waals surface area contributed by atoms with Gasteiger partial charge in [-0.15, -0.1) is 0 Å². The maximum atomic E-state index is 11.1. The van der Waals surface area contributed by atoms with Gasteiger partial charge in [-0.05, 0) is 13.0 Å². The van der Waals surface area contributed by atoms with Crippen molar-refractivity contribution in [1.29, 1.82) is 0 Å². The van der Waals surface area contributed by atoms with Crippen molar-refractivity contribution in [2.75, 3.05) is 0 Å². The molecule has 1 rings (SSSR count). The molecule has 0 aliphatic heterocycles. The Balaban J connectivity index is 3.69. The molecule has 0 bridgehead atoms. The number of rotatable bonds is 3. The van der Waals surface area contributed by atoms with Crippen molar-refractivity contribution in [2.45, 2.75) is 11.8 Å². The Kier molecular flexibility index (Phi) is 3.06. The van der Waals surface area contributed by atoms with Crippen LogP contribution in [-0.4, -0.2) is 19.6 Å². The highest BCUT2D eigenvalue weighted by Gasteiger charge is 2.21. The SMILES string of the molecule is Cc1c([N+](=O)[O-])cc(C=O)cc1S(N)(=O)=O. The lowest BCUT2D eigenvalue weighted by Gasteiger charge is -2.04. The minimum Gasteiger partial charge on any atom is -0.298 e. The molecule has 16 heavy (non-hydrogen) atoms. The molecule has 0 fully saturated rings. The molecule has 0 radical (unpaired) electrons. The van der Waals surface area contributed by atoms with E-state index in [0.29, 0.717) is 6.29 Å². The average Bonchev–Trinajstić information content (AvgIpc) is 2.15. The van der Waals surface area contributed by atoms with Crippen LogP contribution in [0.1, 0.15) is 15.9 Å². The van der Waals surface area contributed by atoms with Crippen molar-refractivity contribution in [3.8, 4) is 0 Å². The first-order chi connectivity index (χ1) is 7.27. The second-order valence-corrected chi connectivity index (χ2v) is 4.61. The highest BCUT2D eigenvalue weighted by molar-refractivity contribution is 7.89. The Hall–Kier alpha value is -1.80. The summed E-state index contributed by atoms with van der Waals surface area (Å²) in [6.45, 7) is 1.26. The van der Waals surface area contributed by atoms with Gasteiger partial charge >= 0.3 is 0 Å². The van der Waals surface area contributed by atoms with Gasteiger partial charge in [0.1, 0.15) is 6.29 Å². The number of nitro benzene ring substituents is 1. The van der Waals surface area contributed by atoms with Crippen molar-refractivity contribution < 1.29 is 18.1 Å². The second-order valence-electron chi connectivity index (χ2n) is 3.08. The third-order valence-corrected chi connectivity index (χ3v) is 3.03. The van der Waals surface area contributed by atoms with E-state index in [9.17, 15) is 23.3 Å². The van der Waals surface area contributed by atoms with Crippen LogP contribution in [0.5, 0.6) is 0 Å². The molecular weight excluding hydrogens is 236 g/mol. The second kappa shape index (κ2) is 3.99. The molecule has 0 unspecified atom stereocenters. The number of benzene rings is 1. The summed E-state index contributed by atoms with van der Waals surface area (Å²) in [4.78, 5) is 20.0. The van der Waals surface area contributed by atoms with Crippen molar-refractivity contribution >= 4 is 22.0 Å². The predicted octanol–water partition coefficient (Wildman–Crippen LogP) is 0.363. The van der Waals surface area contributed by atoms with Crippen molar-refractivity contribution in [3.63, 3.8) is 0 Å². The minimum absolute atomic E-state index is 0.0851. The highest BCUT2D eigenvalue weighted by Crippen LogP contribution is 2.25. The monoisotopic (exact) mass is 244 g/mol. The molecule has 0 aliphatic carbocycles. The summed E-state index contributed by atoms with van der Waals surface area (Å²) in [6.07, 6.45) is 0.321. The number of hydrogen-bond acceptors (Lipinski definition) is 5. The van der Waals surface area contributed by atoms with Gasteiger partial charge in [0, 0.05) is 17.2 Å². The molecular formula is C8H8N2O5S. The van der Waals surface area contributed by atoms with E-state index in [4.69, 9.17) is 5.14 Å².